The third kappa shape index (κ3) is 3.89. The Morgan fingerprint density at radius 3 is 2.64 bits per heavy atom. The fraction of sp³-hybridized carbons (Fsp3) is 0.150. The van der Waals surface area contributed by atoms with Crippen molar-refractivity contribution in [2.24, 2.45) is 5.73 Å². The van der Waals surface area contributed by atoms with Crippen molar-refractivity contribution in [1.82, 2.24) is 4.57 Å². The van der Waals surface area contributed by atoms with Gasteiger partial charge in [-0.05, 0) is 42.8 Å². The number of halogens is 2. The van der Waals surface area contributed by atoms with Crippen LogP contribution in [0.1, 0.15) is 18.5 Å². The topological polar surface area (TPSA) is 94.2 Å². The van der Waals surface area contributed by atoms with Crippen LogP contribution in [0.15, 0.2) is 53.5 Å². The zero-order valence-electron chi connectivity index (χ0n) is 14.9. The van der Waals surface area contributed by atoms with E-state index < -0.39 is 17.8 Å². The van der Waals surface area contributed by atoms with Crippen LogP contribution in [-0.4, -0.2) is 16.4 Å². The average molecular weight is 402 g/mol. The molecule has 0 unspecified atom stereocenters. The molecule has 0 aliphatic carbocycles. The van der Waals surface area contributed by atoms with E-state index in [1.54, 1.807) is 24.3 Å². The third-order valence-corrected chi connectivity index (χ3v) is 4.71. The lowest BCUT2D eigenvalue weighted by Crippen LogP contribution is -2.31. The predicted octanol–water partition coefficient (Wildman–Crippen LogP) is 3.02. The Hall–Kier alpha value is -3.19. The summed E-state index contributed by atoms with van der Waals surface area (Å²) in [7, 11) is 0. The number of aromatic nitrogens is 1. The first-order valence-electron chi connectivity index (χ1n) is 8.45. The van der Waals surface area contributed by atoms with Crippen molar-refractivity contribution in [3.63, 3.8) is 0 Å². The maximum absolute atomic E-state index is 13.2. The molecule has 6 nitrogen and oxygen atoms in total. The average Bonchev–Trinajstić information content (AvgIpc) is 2.65. The number of hydrogen-bond acceptors (Lipinski definition) is 3. The highest BCUT2D eigenvalue weighted by Gasteiger charge is 2.15. The zero-order chi connectivity index (χ0) is 20.4. The molecular formula is C20H17ClFN3O3. The maximum atomic E-state index is 13.2. The largest absolute Gasteiger partial charge is 0.368 e. The van der Waals surface area contributed by atoms with Gasteiger partial charge in [0.2, 0.25) is 11.8 Å². The van der Waals surface area contributed by atoms with Gasteiger partial charge in [-0.15, -0.1) is 0 Å². The lowest BCUT2D eigenvalue weighted by molar-refractivity contribution is -0.120. The Kier molecular flexibility index (Phi) is 5.46. The Bertz CT molecular complexity index is 1140. The Balaban J connectivity index is 1.90. The lowest BCUT2D eigenvalue weighted by Gasteiger charge is -2.14. The van der Waals surface area contributed by atoms with Crippen LogP contribution in [0.25, 0.3) is 10.8 Å². The van der Waals surface area contributed by atoms with E-state index in [9.17, 15) is 18.8 Å². The highest BCUT2D eigenvalue weighted by molar-refractivity contribution is 6.30. The van der Waals surface area contributed by atoms with E-state index in [4.69, 9.17) is 17.3 Å². The van der Waals surface area contributed by atoms with Crippen LogP contribution >= 0.6 is 11.6 Å². The van der Waals surface area contributed by atoms with E-state index in [0.29, 0.717) is 22.0 Å². The third-order valence-electron chi connectivity index (χ3n) is 4.42. The van der Waals surface area contributed by atoms with Crippen LogP contribution in [0, 0.1) is 5.82 Å². The molecule has 1 heterocycles. The second-order valence-electron chi connectivity index (χ2n) is 6.35. The highest BCUT2D eigenvalue weighted by atomic mass is 35.5. The molecule has 0 fully saturated rings. The number of carbonyl (C=O) groups is 2. The summed E-state index contributed by atoms with van der Waals surface area (Å²) in [6, 6.07) is 9.82. The number of nitrogens with zero attached hydrogens (tertiary/aromatic N) is 1. The number of nitrogens with two attached hydrogens (primary N) is 1. The number of nitrogens with one attached hydrogen (secondary N) is 1. The number of hydrogen-bond donors (Lipinski definition) is 2. The van der Waals surface area contributed by atoms with Gasteiger partial charge in [-0.2, -0.15) is 0 Å². The monoisotopic (exact) mass is 401 g/mol. The van der Waals surface area contributed by atoms with Gasteiger partial charge >= 0.3 is 0 Å². The van der Waals surface area contributed by atoms with Crippen molar-refractivity contribution in [2.75, 3.05) is 5.32 Å². The van der Waals surface area contributed by atoms with Crippen molar-refractivity contribution in [3.05, 3.63) is 75.4 Å². The van der Waals surface area contributed by atoms with Crippen molar-refractivity contribution >= 4 is 39.9 Å². The SMILES string of the molecule is C[C@H](C(N)=O)n1ccc2c(NC(=O)Cc3ccc(F)c(Cl)c3)cccc2c1=O. The molecule has 0 saturated heterocycles. The molecule has 0 aliphatic rings. The van der Waals surface area contributed by atoms with Gasteiger partial charge in [0, 0.05) is 22.7 Å². The predicted molar refractivity (Wildman–Crippen MR) is 106 cm³/mol. The Morgan fingerprint density at radius 2 is 1.96 bits per heavy atom. The molecule has 0 bridgehead atoms. The smallest absolute Gasteiger partial charge is 0.259 e. The van der Waals surface area contributed by atoms with Crippen LogP contribution in [0.5, 0.6) is 0 Å². The fourth-order valence-electron chi connectivity index (χ4n) is 2.87. The van der Waals surface area contributed by atoms with Crippen molar-refractivity contribution in [1.29, 1.82) is 0 Å². The number of pyridine rings is 1. The fourth-order valence-corrected chi connectivity index (χ4v) is 3.08. The molecule has 3 aromatic rings. The summed E-state index contributed by atoms with van der Waals surface area (Å²) in [6.07, 6.45) is 1.46. The molecule has 0 spiro atoms. The second-order valence-corrected chi connectivity index (χ2v) is 6.75. The Labute approximate surface area is 164 Å². The van der Waals surface area contributed by atoms with Crippen LogP contribution in [-0.2, 0) is 16.0 Å². The number of fused-ring (bicyclic) bond motifs is 1. The van der Waals surface area contributed by atoms with Gasteiger partial charge in [0.25, 0.3) is 5.56 Å². The second kappa shape index (κ2) is 7.82. The van der Waals surface area contributed by atoms with E-state index in [-0.39, 0.29) is 22.9 Å². The number of primary amides is 1. The molecule has 144 valence electrons. The number of anilines is 1. The summed E-state index contributed by atoms with van der Waals surface area (Å²) in [6.45, 7) is 1.54. The van der Waals surface area contributed by atoms with E-state index >= 15 is 0 Å². The van der Waals surface area contributed by atoms with Gasteiger partial charge in [-0.3, -0.25) is 14.4 Å². The molecule has 8 heteroatoms. The zero-order valence-corrected chi connectivity index (χ0v) is 15.7. The van der Waals surface area contributed by atoms with Crippen LogP contribution < -0.4 is 16.6 Å². The minimum Gasteiger partial charge on any atom is -0.368 e. The molecule has 1 atom stereocenters. The first-order chi connectivity index (χ1) is 13.3. The summed E-state index contributed by atoms with van der Waals surface area (Å²) in [5.41, 5.74) is 5.91. The van der Waals surface area contributed by atoms with E-state index in [2.05, 4.69) is 5.32 Å². The normalized spacial score (nSPS) is 12.0. The summed E-state index contributed by atoms with van der Waals surface area (Å²) in [5, 5.41) is 3.57. The minimum atomic E-state index is -0.793. The first kappa shape index (κ1) is 19.6. The Morgan fingerprint density at radius 1 is 1.21 bits per heavy atom. The molecule has 0 radical (unpaired) electrons. The number of benzene rings is 2. The van der Waals surface area contributed by atoms with Gasteiger partial charge in [-0.1, -0.05) is 23.7 Å². The molecule has 2 aromatic carbocycles. The molecule has 0 aliphatic heterocycles. The van der Waals surface area contributed by atoms with Gasteiger partial charge in [0.05, 0.1) is 11.4 Å². The molecule has 1 aromatic heterocycles. The number of rotatable bonds is 5. The van der Waals surface area contributed by atoms with Crippen molar-refractivity contribution in [3.8, 4) is 0 Å². The quantitative estimate of drug-likeness (QED) is 0.688. The van der Waals surface area contributed by atoms with E-state index in [1.165, 1.54) is 35.9 Å². The van der Waals surface area contributed by atoms with Gasteiger partial charge in [-0.25, -0.2) is 4.39 Å². The summed E-state index contributed by atoms with van der Waals surface area (Å²) in [4.78, 5) is 36.4. The van der Waals surface area contributed by atoms with Crippen molar-refractivity contribution in [2.45, 2.75) is 19.4 Å². The van der Waals surface area contributed by atoms with Crippen LogP contribution in [0.3, 0.4) is 0 Å². The number of amides is 2. The van der Waals surface area contributed by atoms with E-state index in [0.717, 1.165) is 0 Å². The summed E-state index contributed by atoms with van der Waals surface area (Å²) >= 11 is 5.74. The molecule has 3 rings (SSSR count). The van der Waals surface area contributed by atoms with E-state index in [1.807, 2.05) is 0 Å². The highest BCUT2D eigenvalue weighted by Crippen LogP contribution is 2.22. The van der Waals surface area contributed by atoms with Gasteiger partial charge in [0.1, 0.15) is 11.9 Å². The number of carbonyl (C=O) groups excluding carboxylic acids is 2. The molecular weight excluding hydrogens is 385 g/mol. The minimum absolute atomic E-state index is 0.00778. The van der Waals surface area contributed by atoms with Crippen LogP contribution in [0.4, 0.5) is 10.1 Å². The van der Waals surface area contributed by atoms with Gasteiger partial charge < -0.3 is 15.6 Å². The van der Waals surface area contributed by atoms with Crippen LogP contribution in [0.2, 0.25) is 5.02 Å². The molecule has 2 amide bonds. The standard InChI is InChI=1S/C20H17ClFN3O3/c1-11(19(23)27)25-8-7-13-14(20(25)28)3-2-4-17(13)24-18(26)10-12-5-6-16(22)15(21)9-12/h2-9,11H,10H2,1H3,(H2,23,27)(H,24,26)/t11-/m1/s1. The molecule has 0 saturated carbocycles. The maximum Gasteiger partial charge on any atom is 0.259 e. The summed E-state index contributed by atoms with van der Waals surface area (Å²) < 4.78 is 14.5. The van der Waals surface area contributed by atoms with Crippen molar-refractivity contribution < 1.29 is 14.0 Å². The molecule has 28 heavy (non-hydrogen) atoms. The first-order valence-corrected chi connectivity index (χ1v) is 8.82. The lowest BCUT2D eigenvalue weighted by atomic mass is 10.1. The molecule has 3 N–H and O–H groups in total. The van der Waals surface area contributed by atoms with Gasteiger partial charge in [0.15, 0.2) is 0 Å². The summed E-state index contributed by atoms with van der Waals surface area (Å²) in [5.74, 6) is -1.52.